The van der Waals surface area contributed by atoms with Gasteiger partial charge in [0.15, 0.2) is 22.6 Å². The number of rotatable bonds is 12. The molecule has 0 aliphatic heterocycles. The van der Waals surface area contributed by atoms with E-state index in [1.807, 2.05) is 0 Å². The zero-order chi connectivity index (χ0) is 69.1. The highest BCUT2D eigenvalue weighted by Gasteiger charge is 2.23. The second kappa shape index (κ2) is 27.3. The van der Waals surface area contributed by atoms with Gasteiger partial charge >= 0.3 is 0 Å². The Morgan fingerprint density at radius 1 is 0.265 bits per heavy atom. The van der Waals surface area contributed by atoms with Gasteiger partial charge in [0.05, 0.1) is 66.2 Å². The highest BCUT2D eigenvalue weighted by Crippen LogP contribution is 2.38. The first-order valence-corrected chi connectivity index (χ1v) is 35.9. The molecular weight excluding hydrogens is 1200 g/mol. The Kier molecular flexibility index (Phi) is 18.7. The third kappa shape index (κ3) is 11.7. The summed E-state index contributed by atoms with van der Waals surface area (Å²) < 4.78 is 9.48. The molecule has 8 aromatic heterocycles. The van der Waals surface area contributed by atoms with Crippen LogP contribution in [-0.4, -0.2) is 58.1 Å². The van der Waals surface area contributed by atoms with Crippen LogP contribution in [0.3, 0.4) is 0 Å². The molecule has 0 N–H and O–H groups in total. The van der Waals surface area contributed by atoms with Crippen molar-refractivity contribution in [1.29, 1.82) is 0 Å². The Labute approximate surface area is 576 Å². The van der Waals surface area contributed by atoms with Crippen molar-refractivity contribution in [3.8, 4) is 0 Å². The fraction of sp³-hybridized carbons (Fsp3) is 0.349. The number of fused-ring (bicyclic) bond motifs is 16. The first-order valence-electron chi connectivity index (χ1n) is 35.9. The molecule has 0 spiro atoms. The lowest BCUT2D eigenvalue weighted by molar-refractivity contribution is 0.660. The van der Waals surface area contributed by atoms with E-state index >= 15 is 0 Å². The normalized spacial score (nSPS) is 11.9. The van der Waals surface area contributed by atoms with E-state index in [4.69, 9.17) is 39.9 Å². The number of para-hydroxylation sites is 1. The molecule has 500 valence electrons. The minimum atomic E-state index is 0.982. The van der Waals surface area contributed by atoms with E-state index < -0.39 is 0 Å². The molecule has 0 atom stereocenters. The van der Waals surface area contributed by atoms with E-state index in [2.05, 4.69) is 252 Å². The van der Waals surface area contributed by atoms with Crippen LogP contribution in [0.5, 0.6) is 0 Å². The van der Waals surface area contributed by atoms with Crippen LogP contribution in [0.4, 0.5) is 0 Å². The summed E-state index contributed by atoms with van der Waals surface area (Å²) in [5, 5.41) is 4.97. The molecule has 8 heterocycles. The minimum absolute atomic E-state index is 0.982. The van der Waals surface area contributed by atoms with Crippen molar-refractivity contribution in [2.75, 3.05) is 0 Å². The molecule has 98 heavy (non-hydrogen) atoms. The Hall–Kier alpha value is -9.68. The molecule has 0 saturated heterocycles. The lowest BCUT2D eigenvalue weighted by Gasteiger charge is -2.09. The third-order valence-electron chi connectivity index (χ3n) is 21.1. The van der Waals surface area contributed by atoms with Gasteiger partial charge in [-0.25, -0.2) is 39.9 Å². The highest BCUT2D eigenvalue weighted by atomic mass is 15.1. The van der Waals surface area contributed by atoms with Gasteiger partial charge in [-0.1, -0.05) is 126 Å². The number of aromatic nitrogens is 12. The van der Waals surface area contributed by atoms with Gasteiger partial charge in [-0.05, 0) is 237 Å². The summed E-state index contributed by atoms with van der Waals surface area (Å²) in [6.07, 6.45) is 9.30. The van der Waals surface area contributed by atoms with Crippen molar-refractivity contribution in [3.05, 3.63) is 187 Å². The van der Waals surface area contributed by atoms with Crippen LogP contribution < -0.4 is 0 Å². The molecule has 0 aliphatic rings. The van der Waals surface area contributed by atoms with Gasteiger partial charge in [0.25, 0.3) is 0 Å². The van der Waals surface area contributed by atoms with Gasteiger partial charge in [-0.2, -0.15) is 0 Å². The molecule has 0 saturated carbocycles. The molecule has 12 nitrogen and oxygen atoms in total. The second-order valence-electron chi connectivity index (χ2n) is 27.9. The van der Waals surface area contributed by atoms with E-state index in [-0.39, 0.29) is 0 Å². The monoisotopic (exact) mass is 1300 g/mol. The number of hydrogen-bond donors (Lipinski definition) is 0. The van der Waals surface area contributed by atoms with Crippen LogP contribution in [0.15, 0.2) is 109 Å². The summed E-state index contributed by atoms with van der Waals surface area (Å²) in [7, 11) is 0. The average Bonchev–Trinajstić information content (AvgIpc) is 1.59. The second-order valence-corrected chi connectivity index (χ2v) is 27.9. The Bertz CT molecular complexity index is 5810. The smallest absolute Gasteiger partial charge is 0.160 e. The summed E-state index contributed by atoms with van der Waals surface area (Å²) in [6.45, 7) is 43.1. The predicted octanol–water partition coefficient (Wildman–Crippen LogP) is 22.5. The summed E-state index contributed by atoms with van der Waals surface area (Å²) in [5.41, 5.74) is 39.2. The van der Waals surface area contributed by atoms with Gasteiger partial charge in [0, 0.05) is 47.7 Å². The first kappa shape index (κ1) is 66.9. The summed E-state index contributed by atoms with van der Waals surface area (Å²) in [6, 6.07) is 38.9. The third-order valence-corrected chi connectivity index (χ3v) is 21.1. The lowest BCUT2D eigenvalue weighted by atomic mass is 10.0. The summed E-state index contributed by atoms with van der Waals surface area (Å²) in [5.74, 6) is 0. The number of aryl methyl sites for hydroxylation is 18. The zero-order valence-corrected chi connectivity index (χ0v) is 61.2. The number of nitrogens with zero attached hydrogens (tertiary/aromatic N) is 12. The maximum Gasteiger partial charge on any atom is 0.160 e. The first-order chi connectivity index (χ1) is 47.3. The predicted molar refractivity (Wildman–Crippen MR) is 416 cm³/mol. The van der Waals surface area contributed by atoms with Crippen molar-refractivity contribution in [1.82, 2.24) is 58.1 Å². The van der Waals surface area contributed by atoms with E-state index in [1.165, 1.54) is 147 Å². The van der Waals surface area contributed by atoms with E-state index in [9.17, 15) is 0 Å². The average molecular weight is 1300 g/mol. The van der Waals surface area contributed by atoms with E-state index in [0.29, 0.717) is 0 Å². The summed E-state index contributed by atoms with van der Waals surface area (Å²) >= 11 is 0. The van der Waals surface area contributed by atoms with Crippen molar-refractivity contribution >= 4 is 132 Å². The van der Waals surface area contributed by atoms with Crippen molar-refractivity contribution < 1.29 is 0 Å². The van der Waals surface area contributed by atoms with Gasteiger partial charge in [-0.3, -0.25) is 0 Å². The van der Waals surface area contributed by atoms with Crippen LogP contribution in [0.2, 0.25) is 0 Å². The largest absolute Gasteiger partial charge is 0.324 e. The molecule has 16 rings (SSSR count). The van der Waals surface area contributed by atoms with Gasteiger partial charge < -0.3 is 18.3 Å². The van der Waals surface area contributed by atoms with Gasteiger partial charge in [0.2, 0.25) is 0 Å². The number of benzene rings is 8. The highest BCUT2D eigenvalue weighted by molar-refractivity contribution is 6.12. The Balaban J connectivity index is 0.000000118. The van der Waals surface area contributed by atoms with Gasteiger partial charge in [-0.15, -0.1) is 0 Å². The maximum atomic E-state index is 5.11. The molecule has 0 unspecified atom stereocenters. The van der Waals surface area contributed by atoms with E-state index in [1.54, 1.807) is 0 Å². The Morgan fingerprint density at radius 3 is 1.29 bits per heavy atom. The molecule has 8 aromatic carbocycles. The molecule has 0 amide bonds. The number of unbranched alkanes of at least 4 members (excludes halogenated alkanes) is 4. The van der Waals surface area contributed by atoms with E-state index in [0.717, 1.165) is 141 Å². The van der Waals surface area contributed by atoms with Crippen LogP contribution >= 0.6 is 0 Å². The molecular formula is C86H96N12. The molecule has 0 aliphatic carbocycles. The molecule has 16 aromatic rings. The summed E-state index contributed by atoms with van der Waals surface area (Å²) in [4.78, 5) is 40.4. The molecule has 12 heteroatoms. The molecule has 0 bridgehead atoms. The molecule has 0 radical (unpaired) electrons. The SMILES string of the molecule is CCCCn1c2ccc(C)c(C)c2c2nc3c(C)c(C)ccc3nc21.CCCCn1c2ccc(C)cc2c2nc3c(C)c(C)ccc3nc21.CCCCn1c2nc3c(C)c(C)ccc3nc2c2c(C)ccc(C)c21.CCCCn1c2nc3c(C)cccc3nc2c2ccc(C)c(C)c21. The van der Waals surface area contributed by atoms with Crippen LogP contribution in [0, 0.1) is 96.9 Å². The minimum Gasteiger partial charge on any atom is -0.324 e. The van der Waals surface area contributed by atoms with Crippen molar-refractivity contribution in [2.45, 2.75) is 202 Å². The van der Waals surface area contributed by atoms with Crippen molar-refractivity contribution in [2.24, 2.45) is 0 Å². The Morgan fingerprint density at radius 2 is 0.673 bits per heavy atom. The fourth-order valence-corrected chi connectivity index (χ4v) is 14.5. The lowest BCUT2D eigenvalue weighted by Crippen LogP contribution is -2.01. The van der Waals surface area contributed by atoms with Crippen LogP contribution in [-0.2, 0) is 26.2 Å². The number of hydrogen-bond acceptors (Lipinski definition) is 8. The quantitative estimate of drug-likeness (QED) is 0.119. The van der Waals surface area contributed by atoms with Gasteiger partial charge in [0.1, 0.15) is 22.1 Å². The topological polar surface area (TPSA) is 123 Å². The van der Waals surface area contributed by atoms with Crippen molar-refractivity contribution in [3.63, 3.8) is 0 Å². The zero-order valence-electron chi connectivity index (χ0n) is 61.2. The fourth-order valence-electron chi connectivity index (χ4n) is 14.5. The standard InChI is InChI=1S/2C22H25N3.2C21H23N3/c1-6-7-12-25-18-11-9-13(2)15(4)19(18)21-22(25)23-17-10-8-14(3)16(5)20(17)24-21;1-6-7-12-25-21-15(4)9-8-14(3)18(21)20-22(25)24-19-16(5)13(2)10-11-17(19)23-20;1-5-6-11-24-18-10-7-13(2)12-16(18)20-21(24)22-17-9-8-14(3)15(4)19(17)23-20;1-5-6-12-24-20-15(4)13(2)10-11-16(20)19-21(24)23-18-14(3)8-7-9-17(18)22-19/h2*8-11H,6-7,12H2,1-5H3;7-10,12H,5-6,11H2,1-4H3;7-11H,5-6,12H2,1-4H3. The maximum absolute atomic E-state index is 5.11. The van der Waals surface area contributed by atoms with Crippen LogP contribution in [0.1, 0.15) is 157 Å². The molecule has 0 fully saturated rings. The van der Waals surface area contributed by atoms with Crippen LogP contribution in [0.25, 0.3) is 132 Å².